The molecule has 0 rings (SSSR count). The highest BCUT2D eigenvalue weighted by Gasteiger charge is 2.15. The van der Waals surface area contributed by atoms with Crippen LogP contribution < -0.4 is 0 Å². The summed E-state index contributed by atoms with van der Waals surface area (Å²) in [6.07, 6.45) is 0. The van der Waals surface area contributed by atoms with Gasteiger partial charge in [-0.3, -0.25) is 0 Å². The van der Waals surface area contributed by atoms with E-state index >= 15 is 0 Å². The number of hydrogen-bond acceptors (Lipinski definition) is 1. The maximum atomic E-state index is 2.48. The molecule has 0 aliphatic carbocycles. The van der Waals surface area contributed by atoms with Crippen LogP contribution in [0.1, 0.15) is 27.7 Å². The van der Waals surface area contributed by atoms with Crippen molar-refractivity contribution in [2.75, 3.05) is 7.05 Å². The Bertz CT molecular complexity index is 79.3. The van der Waals surface area contributed by atoms with Gasteiger partial charge in [-0.2, -0.15) is 0 Å². The maximum Gasteiger partial charge on any atom is 0.0234 e. The van der Waals surface area contributed by atoms with E-state index in [4.69, 9.17) is 0 Å². The van der Waals surface area contributed by atoms with Gasteiger partial charge in [0.05, 0.1) is 0 Å². The summed E-state index contributed by atoms with van der Waals surface area (Å²) in [6, 6.07) is 1.34. The summed E-state index contributed by atoms with van der Waals surface area (Å²) in [4.78, 5) is 2.40. The van der Waals surface area contributed by atoms with E-state index in [1.165, 1.54) is 0 Å². The molecule has 62 valence electrons. The molecule has 2 unspecified atom stereocenters. The first-order valence-corrected chi connectivity index (χ1v) is 5.07. The Kier molecular flexibility index (Phi) is 4.86. The minimum atomic E-state index is 0.659. The largest absolute Gasteiger partial charge is 0.300 e. The van der Waals surface area contributed by atoms with Crippen LogP contribution in [0.15, 0.2) is 0 Å². The predicted molar refractivity (Wildman–Crippen MR) is 55.8 cm³/mol. The Labute approximate surface area is 78.3 Å². The maximum absolute atomic E-state index is 2.48. The summed E-state index contributed by atoms with van der Waals surface area (Å²) in [5.74, 6) is 0. The molecule has 0 aromatic rings. The molecule has 0 N–H and O–H groups in total. The molecular formula is C8H18IN. The zero-order valence-corrected chi connectivity index (χ0v) is 9.71. The highest BCUT2D eigenvalue weighted by atomic mass is 127. The Balaban J connectivity index is 3.81. The lowest BCUT2D eigenvalue weighted by atomic mass is 10.2. The van der Waals surface area contributed by atoms with Gasteiger partial charge in [-0.05, 0) is 27.8 Å². The molecule has 0 radical (unpaired) electrons. The second-order valence-corrected chi connectivity index (χ2v) is 5.14. The smallest absolute Gasteiger partial charge is 0.0234 e. The minimum Gasteiger partial charge on any atom is -0.300 e. The molecule has 2 atom stereocenters. The van der Waals surface area contributed by atoms with E-state index in [1.54, 1.807) is 0 Å². The van der Waals surface area contributed by atoms with Crippen LogP contribution in [0.3, 0.4) is 0 Å². The van der Waals surface area contributed by atoms with Crippen molar-refractivity contribution in [2.45, 2.75) is 43.7 Å². The third-order valence-electron chi connectivity index (χ3n) is 2.12. The van der Waals surface area contributed by atoms with Crippen molar-refractivity contribution in [2.24, 2.45) is 0 Å². The van der Waals surface area contributed by atoms with Crippen molar-refractivity contribution in [3.8, 4) is 0 Å². The molecule has 0 aromatic carbocycles. The average Bonchev–Trinajstić information content (AvgIpc) is 1.84. The molecule has 2 heteroatoms. The molecule has 1 nitrogen and oxygen atoms in total. The first kappa shape index (κ1) is 10.7. The Hall–Kier alpha value is 0.690. The van der Waals surface area contributed by atoms with Crippen molar-refractivity contribution < 1.29 is 0 Å². The van der Waals surface area contributed by atoms with Crippen LogP contribution in [0, 0.1) is 0 Å². The fourth-order valence-electron chi connectivity index (χ4n) is 0.794. The fourth-order valence-corrected chi connectivity index (χ4v) is 1.30. The van der Waals surface area contributed by atoms with E-state index in [9.17, 15) is 0 Å². The molecule has 0 saturated heterocycles. The van der Waals surface area contributed by atoms with Gasteiger partial charge in [0, 0.05) is 16.0 Å². The van der Waals surface area contributed by atoms with Gasteiger partial charge in [0.15, 0.2) is 0 Å². The summed E-state index contributed by atoms with van der Waals surface area (Å²) < 4.78 is 0.727. The standard InChI is InChI=1S/C8H18IN/c1-6(2)10(5)8(4)7(3)9/h6-8H,1-5H3. The van der Waals surface area contributed by atoms with Gasteiger partial charge in [0.2, 0.25) is 0 Å². The summed E-state index contributed by atoms with van der Waals surface area (Å²) in [5.41, 5.74) is 0. The lowest BCUT2D eigenvalue weighted by Gasteiger charge is -2.30. The van der Waals surface area contributed by atoms with Crippen LogP contribution in [0.2, 0.25) is 0 Å². The van der Waals surface area contributed by atoms with Gasteiger partial charge in [0.1, 0.15) is 0 Å². The van der Waals surface area contributed by atoms with Crippen molar-refractivity contribution in [1.29, 1.82) is 0 Å². The molecule has 0 aliphatic rings. The van der Waals surface area contributed by atoms with Gasteiger partial charge in [-0.25, -0.2) is 0 Å². The summed E-state index contributed by atoms with van der Waals surface area (Å²) in [5, 5.41) is 0. The summed E-state index contributed by atoms with van der Waals surface area (Å²) >= 11 is 2.48. The Morgan fingerprint density at radius 3 is 1.60 bits per heavy atom. The number of halogens is 1. The second kappa shape index (κ2) is 4.54. The van der Waals surface area contributed by atoms with Gasteiger partial charge in [-0.15, -0.1) is 0 Å². The predicted octanol–water partition coefficient (Wildman–Crippen LogP) is 2.54. The quantitative estimate of drug-likeness (QED) is 0.553. The van der Waals surface area contributed by atoms with E-state index in [1.807, 2.05) is 0 Å². The van der Waals surface area contributed by atoms with E-state index < -0.39 is 0 Å². The zero-order valence-electron chi connectivity index (χ0n) is 7.56. The van der Waals surface area contributed by atoms with Gasteiger partial charge in [0.25, 0.3) is 0 Å². The summed E-state index contributed by atoms with van der Waals surface area (Å²) in [7, 11) is 2.19. The molecule has 0 saturated carbocycles. The van der Waals surface area contributed by atoms with Gasteiger partial charge < -0.3 is 4.90 Å². The van der Waals surface area contributed by atoms with Crippen molar-refractivity contribution in [3.05, 3.63) is 0 Å². The van der Waals surface area contributed by atoms with Gasteiger partial charge in [-0.1, -0.05) is 29.5 Å². The Morgan fingerprint density at radius 2 is 1.50 bits per heavy atom. The Morgan fingerprint density at radius 1 is 1.10 bits per heavy atom. The summed E-state index contributed by atoms with van der Waals surface area (Å²) in [6.45, 7) is 8.99. The molecule has 0 heterocycles. The van der Waals surface area contributed by atoms with Crippen LogP contribution in [-0.2, 0) is 0 Å². The molecule has 0 bridgehead atoms. The van der Waals surface area contributed by atoms with E-state index in [2.05, 4.69) is 62.2 Å². The SMILES string of the molecule is CC(I)C(C)N(C)C(C)C. The molecule has 0 spiro atoms. The monoisotopic (exact) mass is 255 g/mol. The molecule has 0 aliphatic heterocycles. The van der Waals surface area contributed by atoms with Crippen molar-refractivity contribution in [1.82, 2.24) is 4.90 Å². The second-order valence-electron chi connectivity index (χ2n) is 3.18. The average molecular weight is 255 g/mol. The van der Waals surface area contributed by atoms with Crippen LogP contribution in [0.5, 0.6) is 0 Å². The lowest BCUT2D eigenvalue weighted by molar-refractivity contribution is 0.211. The topological polar surface area (TPSA) is 3.24 Å². The van der Waals surface area contributed by atoms with Crippen molar-refractivity contribution >= 4 is 22.6 Å². The molecular weight excluding hydrogens is 237 g/mol. The van der Waals surface area contributed by atoms with Crippen molar-refractivity contribution in [3.63, 3.8) is 0 Å². The van der Waals surface area contributed by atoms with Crippen LogP contribution >= 0.6 is 22.6 Å². The lowest BCUT2D eigenvalue weighted by Crippen LogP contribution is -2.39. The van der Waals surface area contributed by atoms with Gasteiger partial charge >= 0.3 is 0 Å². The fraction of sp³-hybridized carbons (Fsp3) is 1.00. The van der Waals surface area contributed by atoms with Crippen LogP contribution in [0.25, 0.3) is 0 Å². The third-order valence-corrected chi connectivity index (χ3v) is 3.16. The van der Waals surface area contributed by atoms with Crippen LogP contribution in [0.4, 0.5) is 0 Å². The minimum absolute atomic E-state index is 0.659. The van der Waals surface area contributed by atoms with E-state index in [-0.39, 0.29) is 0 Å². The molecule has 0 fully saturated rings. The number of rotatable bonds is 3. The molecule has 10 heavy (non-hydrogen) atoms. The zero-order chi connectivity index (χ0) is 8.31. The molecule has 0 aromatic heterocycles. The highest BCUT2D eigenvalue weighted by Crippen LogP contribution is 2.12. The number of alkyl halides is 1. The van der Waals surface area contributed by atoms with E-state index in [0.29, 0.717) is 12.1 Å². The van der Waals surface area contributed by atoms with E-state index in [0.717, 1.165) is 3.92 Å². The van der Waals surface area contributed by atoms with Crippen LogP contribution in [-0.4, -0.2) is 28.0 Å². The number of nitrogens with zero attached hydrogens (tertiary/aromatic N) is 1. The third kappa shape index (κ3) is 3.19. The normalized spacial score (nSPS) is 18.0. The molecule has 0 amide bonds. The highest BCUT2D eigenvalue weighted by molar-refractivity contribution is 14.1. The first-order chi connectivity index (χ1) is 4.46. The first-order valence-electron chi connectivity index (χ1n) is 3.82. The number of hydrogen-bond donors (Lipinski definition) is 0.